The fraction of sp³-hybridized carbons (Fsp3) is 0.273. The Kier molecular flexibility index (Phi) is 4.99. The predicted octanol–water partition coefficient (Wildman–Crippen LogP) is 4.61. The molecule has 2 aromatic carbocycles. The molecule has 0 saturated carbocycles. The van der Waals surface area contributed by atoms with E-state index in [1.807, 2.05) is 22.6 Å². The number of thiazole rings is 1. The molecular weight excluding hydrogens is 387 g/mol. The molecule has 1 fully saturated rings. The summed E-state index contributed by atoms with van der Waals surface area (Å²) in [5.41, 5.74) is 3.70. The molecule has 0 amide bonds. The molecule has 0 spiro atoms. The maximum absolute atomic E-state index is 13.8. The van der Waals surface area contributed by atoms with Crippen molar-refractivity contribution in [2.75, 3.05) is 24.7 Å². The summed E-state index contributed by atoms with van der Waals surface area (Å²) in [7, 11) is 0. The number of benzene rings is 2. The molecule has 7 heteroatoms. The van der Waals surface area contributed by atoms with Gasteiger partial charge in [0.1, 0.15) is 29.3 Å². The Morgan fingerprint density at radius 2 is 2.07 bits per heavy atom. The molecule has 1 N–H and O–H groups in total. The Bertz CT molecular complexity index is 1030. The summed E-state index contributed by atoms with van der Waals surface area (Å²) in [5, 5.41) is 6.27. The summed E-state index contributed by atoms with van der Waals surface area (Å²) in [5.74, 6) is 0.562. The van der Waals surface area contributed by atoms with Crippen molar-refractivity contribution in [3.05, 3.63) is 59.4 Å². The highest BCUT2D eigenvalue weighted by atomic mass is 32.1. The number of aromatic nitrogens is 1. The van der Waals surface area contributed by atoms with Gasteiger partial charge >= 0.3 is 0 Å². The van der Waals surface area contributed by atoms with Crippen LogP contribution in [0.25, 0.3) is 10.6 Å². The van der Waals surface area contributed by atoms with E-state index in [9.17, 15) is 4.39 Å². The molecule has 29 heavy (non-hydrogen) atoms. The van der Waals surface area contributed by atoms with Gasteiger partial charge in [0.15, 0.2) is 0 Å². The molecule has 148 valence electrons. The molecule has 2 aliphatic rings. The minimum absolute atomic E-state index is 0.174. The lowest BCUT2D eigenvalue weighted by Gasteiger charge is -2.30. The maximum Gasteiger partial charge on any atom is 0.132 e. The van der Waals surface area contributed by atoms with E-state index in [0.717, 1.165) is 59.2 Å². The maximum atomic E-state index is 13.8. The molecule has 0 aliphatic carbocycles. The number of ether oxygens (including phenoxy) is 1. The van der Waals surface area contributed by atoms with E-state index < -0.39 is 0 Å². The normalized spacial score (nSPS) is 16.7. The fourth-order valence-corrected chi connectivity index (χ4v) is 4.46. The molecule has 2 aliphatic heterocycles. The number of nitrogens with zero attached hydrogens (tertiary/aromatic N) is 3. The van der Waals surface area contributed by atoms with Gasteiger partial charge in [0, 0.05) is 35.1 Å². The summed E-state index contributed by atoms with van der Waals surface area (Å²) in [4.78, 5) is 11.0. The predicted molar refractivity (Wildman–Crippen MR) is 115 cm³/mol. The van der Waals surface area contributed by atoms with Gasteiger partial charge in [-0.25, -0.2) is 9.37 Å². The number of rotatable bonds is 4. The highest BCUT2D eigenvalue weighted by Gasteiger charge is 2.23. The van der Waals surface area contributed by atoms with Crippen LogP contribution in [0.15, 0.2) is 53.0 Å². The summed E-state index contributed by atoms with van der Waals surface area (Å²) < 4.78 is 20.3. The molecule has 1 aromatic heterocycles. The van der Waals surface area contributed by atoms with Crippen molar-refractivity contribution < 1.29 is 9.13 Å². The first-order valence-electron chi connectivity index (χ1n) is 9.76. The summed E-state index contributed by atoms with van der Waals surface area (Å²) >= 11 is 1.59. The van der Waals surface area contributed by atoms with Gasteiger partial charge in [-0.2, -0.15) is 0 Å². The number of piperidine rings is 1. The van der Waals surface area contributed by atoms with Crippen LogP contribution in [0.2, 0.25) is 0 Å². The van der Waals surface area contributed by atoms with Crippen LogP contribution < -0.4 is 15.0 Å². The Morgan fingerprint density at radius 1 is 1.17 bits per heavy atom. The van der Waals surface area contributed by atoms with Crippen molar-refractivity contribution in [2.24, 2.45) is 4.99 Å². The largest absolute Gasteiger partial charge is 0.490 e. The van der Waals surface area contributed by atoms with Crippen molar-refractivity contribution in [1.82, 2.24) is 10.3 Å². The molecule has 5 nitrogen and oxygen atoms in total. The van der Waals surface area contributed by atoms with Crippen molar-refractivity contribution >= 4 is 28.9 Å². The van der Waals surface area contributed by atoms with Crippen LogP contribution in [0.4, 0.5) is 15.8 Å². The fourth-order valence-electron chi connectivity index (χ4n) is 3.80. The summed E-state index contributed by atoms with van der Waals surface area (Å²) in [6.07, 6.45) is 5.80. The minimum Gasteiger partial charge on any atom is -0.490 e. The number of halogens is 1. The van der Waals surface area contributed by atoms with Crippen molar-refractivity contribution in [3.63, 3.8) is 0 Å². The average molecular weight is 409 g/mol. The molecule has 1 saturated heterocycles. The Balaban J connectivity index is 1.59. The van der Waals surface area contributed by atoms with Crippen LogP contribution in [-0.4, -0.2) is 37.1 Å². The molecule has 5 rings (SSSR count). The number of hydrogen-bond acceptors (Lipinski definition) is 6. The first-order chi connectivity index (χ1) is 14.3. The molecule has 3 heterocycles. The third-order valence-electron chi connectivity index (χ3n) is 5.24. The lowest BCUT2D eigenvalue weighted by Crippen LogP contribution is -2.34. The monoisotopic (exact) mass is 408 g/mol. The Hall–Kier alpha value is -2.77. The van der Waals surface area contributed by atoms with Crippen LogP contribution in [0, 0.1) is 5.82 Å². The van der Waals surface area contributed by atoms with Crippen molar-refractivity contribution in [1.29, 1.82) is 0 Å². The van der Waals surface area contributed by atoms with E-state index in [4.69, 9.17) is 4.74 Å². The first kappa shape index (κ1) is 18.3. The molecule has 0 atom stereocenters. The second kappa shape index (κ2) is 7.93. The van der Waals surface area contributed by atoms with Gasteiger partial charge in [-0.05, 0) is 50.2 Å². The second-order valence-electron chi connectivity index (χ2n) is 7.17. The molecule has 0 bridgehead atoms. The zero-order valence-electron chi connectivity index (χ0n) is 15.8. The van der Waals surface area contributed by atoms with Crippen LogP contribution in [0.3, 0.4) is 0 Å². The number of nitrogens with one attached hydrogen (secondary N) is 1. The lowest BCUT2D eigenvalue weighted by atomic mass is 10.0. The number of anilines is 2. The van der Waals surface area contributed by atoms with Gasteiger partial charge in [0.05, 0.1) is 11.3 Å². The van der Waals surface area contributed by atoms with Gasteiger partial charge in [-0.3, -0.25) is 4.99 Å². The highest BCUT2D eigenvalue weighted by molar-refractivity contribution is 7.13. The van der Waals surface area contributed by atoms with Crippen LogP contribution in [0.5, 0.6) is 5.75 Å². The summed E-state index contributed by atoms with van der Waals surface area (Å²) in [6, 6.07) is 10.8. The Labute approximate surface area is 172 Å². The molecule has 0 radical (unpaired) electrons. The SMILES string of the molecule is Fc1cccc(N2CN=Cc3cc(-c4nccs4)c(OC4CCNCC4)cc32)c1. The molecular formula is C22H21FN4OS. The summed E-state index contributed by atoms with van der Waals surface area (Å²) in [6.45, 7) is 2.37. The molecule has 0 unspecified atom stereocenters. The van der Waals surface area contributed by atoms with E-state index in [-0.39, 0.29) is 11.9 Å². The lowest BCUT2D eigenvalue weighted by molar-refractivity contribution is 0.163. The number of fused-ring (bicyclic) bond motifs is 1. The quantitative estimate of drug-likeness (QED) is 0.685. The van der Waals surface area contributed by atoms with Gasteiger partial charge in [0.25, 0.3) is 0 Å². The zero-order chi connectivity index (χ0) is 19.6. The van der Waals surface area contributed by atoms with E-state index >= 15 is 0 Å². The molecule has 3 aromatic rings. The van der Waals surface area contributed by atoms with Crippen LogP contribution in [0.1, 0.15) is 18.4 Å². The minimum atomic E-state index is -0.260. The van der Waals surface area contributed by atoms with E-state index in [2.05, 4.69) is 27.4 Å². The highest BCUT2D eigenvalue weighted by Crippen LogP contribution is 2.41. The van der Waals surface area contributed by atoms with Crippen molar-refractivity contribution in [3.8, 4) is 16.3 Å². The van der Waals surface area contributed by atoms with E-state index in [1.165, 1.54) is 12.1 Å². The zero-order valence-corrected chi connectivity index (χ0v) is 16.7. The standard InChI is InChI=1S/C22H21FN4OS/c23-16-2-1-3-17(11-16)27-14-25-13-15-10-19(22-26-8-9-29-22)21(12-20(15)27)28-18-4-6-24-7-5-18/h1-3,8-13,18,24H,4-7,14H2. The van der Waals surface area contributed by atoms with Crippen molar-refractivity contribution in [2.45, 2.75) is 18.9 Å². The number of hydrogen-bond donors (Lipinski definition) is 1. The van der Waals surface area contributed by atoms with Gasteiger partial charge in [-0.15, -0.1) is 11.3 Å². The van der Waals surface area contributed by atoms with Gasteiger partial charge in [-0.1, -0.05) is 6.07 Å². The van der Waals surface area contributed by atoms with E-state index in [1.54, 1.807) is 23.6 Å². The van der Waals surface area contributed by atoms with Gasteiger partial charge < -0.3 is 15.0 Å². The smallest absolute Gasteiger partial charge is 0.132 e. The third kappa shape index (κ3) is 3.75. The third-order valence-corrected chi connectivity index (χ3v) is 6.04. The first-order valence-corrected chi connectivity index (χ1v) is 10.6. The van der Waals surface area contributed by atoms with Crippen LogP contribution in [-0.2, 0) is 0 Å². The Morgan fingerprint density at radius 3 is 2.86 bits per heavy atom. The van der Waals surface area contributed by atoms with Crippen LogP contribution >= 0.6 is 11.3 Å². The average Bonchev–Trinajstić information content (AvgIpc) is 3.28. The topological polar surface area (TPSA) is 49.8 Å². The van der Waals surface area contributed by atoms with E-state index in [0.29, 0.717) is 6.67 Å². The van der Waals surface area contributed by atoms with Gasteiger partial charge in [0.2, 0.25) is 0 Å². The second-order valence-corrected chi connectivity index (χ2v) is 8.07. The number of aliphatic imine (C=N–C) groups is 1.